The van der Waals surface area contributed by atoms with Crippen molar-refractivity contribution in [1.29, 1.82) is 0 Å². The Hall–Kier alpha value is -4.33. The fourth-order valence-electron chi connectivity index (χ4n) is 5.69. The normalized spacial score (nSPS) is 23.1. The number of phosphoric acid groups is 2. The molecule has 2 unspecified atom stereocenters. The van der Waals surface area contributed by atoms with Crippen molar-refractivity contribution >= 4 is 49.3 Å². The van der Waals surface area contributed by atoms with Crippen LogP contribution in [0.3, 0.4) is 0 Å². The van der Waals surface area contributed by atoms with E-state index in [-0.39, 0.29) is 45.2 Å². The molecule has 5 heterocycles. The third-order valence-electron chi connectivity index (χ3n) is 8.64. The number of aromatic nitrogens is 8. The van der Waals surface area contributed by atoms with Crippen LogP contribution in [-0.2, 0) is 33.8 Å². The molecule has 9 atom stereocenters. The maximum absolute atomic E-state index is 12.6. The molecule has 3 aliphatic rings. The van der Waals surface area contributed by atoms with E-state index in [4.69, 9.17) is 20.7 Å². The number of nitrogen functional groups attached to an aromatic ring is 2. The minimum absolute atomic E-state index is 0.0256. The van der Waals surface area contributed by atoms with Gasteiger partial charge < -0.3 is 56.1 Å². The van der Waals surface area contributed by atoms with Crippen molar-refractivity contribution in [3.05, 3.63) is 50.7 Å². The van der Waals surface area contributed by atoms with Gasteiger partial charge in [-0.15, -0.1) is 0 Å². The van der Waals surface area contributed by atoms with Crippen LogP contribution in [0.5, 0.6) is 0 Å². The fraction of sp³-hybridized carbons (Fsp3) is 0.444. The molecule has 1 fully saturated rings. The predicted octanol–water partition coefficient (Wildman–Crippen LogP) is -2.84. The van der Waals surface area contributed by atoms with E-state index in [0.717, 1.165) is 6.33 Å². The Morgan fingerprint density at radius 3 is 2.41 bits per heavy atom. The van der Waals surface area contributed by atoms with Crippen LogP contribution in [0.4, 0.5) is 11.5 Å². The quantitative estimate of drug-likeness (QED) is 0.0325. The average molecular weight is 801 g/mol. The Morgan fingerprint density at radius 1 is 0.981 bits per heavy atom. The molecule has 25 nitrogen and oxygen atoms in total. The summed E-state index contributed by atoms with van der Waals surface area (Å²) in [6, 6.07) is 1.58. The van der Waals surface area contributed by atoms with Crippen molar-refractivity contribution in [2.45, 2.75) is 63.2 Å². The van der Waals surface area contributed by atoms with Crippen molar-refractivity contribution in [1.82, 2.24) is 39.0 Å². The smallest absolute Gasteiger partial charge is 0.397 e. The number of anilines is 2. The molecule has 0 radical (unpaired) electrons. The van der Waals surface area contributed by atoms with Crippen LogP contribution in [0.15, 0.2) is 28.3 Å². The number of aliphatic hydroxyl groups is 5. The monoisotopic (exact) mass is 800 g/mol. The number of hydrogen-bond donors (Lipinski definition) is 10. The number of nitrogens with zero attached hydrogens (tertiary/aromatic N) is 7. The number of ether oxygens (including phenoxy) is 1. The first kappa shape index (κ1) is 39.4. The molecular weight excluding hydrogens is 766 g/mol. The number of aryl methyl sites for hydroxylation is 1. The van der Waals surface area contributed by atoms with Crippen LogP contribution in [0.25, 0.3) is 33.7 Å². The molecule has 0 spiro atoms. The van der Waals surface area contributed by atoms with Gasteiger partial charge in [0.2, 0.25) is 0 Å². The standard InChI is InChI=1S/C27H34N10O15P2/c1-9-3-11-16(15(28)10(9)2)33-18-24(34-27(44)35-25(18)43)36(11)4-12(38)19(40)13(39)5-49-53(45,46)52-54(47,48)50-6-14-20(41)21(42)26(51-14)37-8-32-17-22(29)30-7-31-23(17)37/h3,7-8,12-14,19-21,26,38-42H,4-6,28H2,1-2H3,(H,45,46)(H,47,48)(H2,29,30,31)(H,35,43,44)/t12-,13+,14+,19-,20+,21+,26+/m0/s1. The van der Waals surface area contributed by atoms with E-state index in [9.17, 15) is 54.0 Å². The topological polar surface area (TPSA) is 389 Å². The zero-order valence-electron chi connectivity index (χ0n) is 28.0. The lowest BCUT2D eigenvalue weighted by molar-refractivity contribution is -0.0794. The molecule has 1 saturated heterocycles. The van der Waals surface area contributed by atoms with Gasteiger partial charge in [-0.1, -0.05) is 0 Å². The summed E-state index contributed by atoms with van der Waals surface area (Å²) in [5.74, 6) is -0.268. The van der Waals surface area contributed by atoms with Crippen molar-refractivity contribution in [3.8, 4) is 11.5 Å². The number of H-pyrrole nitrogens is 1. The maximum Gasteiger partial charge on any atom is 0.481 e. The number of fused-ring (bicyclic) bond motifs is 3. The largest absolute Gasteiger partial charge is 0.481 e. The summed E-state index contributed by atoms with van der Waals surface area (Å²) in [7, 11) is -11.1. The molecule has 54 heavy (non-hydrogen) atoms. The summed E-state index contributed by atoms with van der Waals surface area (Å²) in [5.41, 5.74) is 11.8. The Balaban J connectivity index is 1.08. The zero-order valence-corrected chi connectivity index (χ0v) is 29.8. The number of nitrogens with two attached hydrogens (primary N) is 2. The number of imidazole rings is 1. The van der Waals surface area contributed by atoms with Gasteiger partial charge in [-0.05, 0) is 31.0 Å². The summed E-state index contributed by atoms with van der Waals surface area (Å²) < 4.78 is 46.5. The molecule has 0 amide bonds. The highest BCUT2D eigenvalue weighted by Gasteiger charge is 2.46. The van der Waals surface area contributed by atoms with Gasteiger partial charge in [-0.25, -0.2) is 33.9 Å². The lowest BCUT2D eigenvalue weighted by Crippen LogP contribution is -2.42. The van der Waals surface area contributed by atoms with Crippen LogP contribution in [-0.4, -0.2) is 124 Å². The van der Waals surface area contributed by atoms with Crippen LogP contribution >= 0.6 is 15.6 Å². The maximum atomic E-state index is 12.6. The lowest BCUT2D eigenvalue weighted by Gasteiger charge is -2.26. The van der Waals surface area contributed by atoms with Crippen LogP contribution < -0.4 is 22.7 Å². The summed E-state index contributed by atoms with van der Waals surface area (Å²) in [6.07, 6.45) is -10.1. The second-order valence-electron chi connectivity index (χ2n) is 12.2. The van der Waals surface area contributed by atoms with E-state index in [1.54, 1.807) is 19.9 Å². The highest BCUT2D eigenvalue weighted by molar-refractivity contribution is 7.61. The van der Waals surface area contributed by atoms with Crippen LogP contribution in [0.1, 0.15) is 17.4 Å². The van der Waals surface area contributed by atoms with Crippen molar-refractivity contribution < 1.29 is 62.5 Å². The molecule has 292 valence electrons. The molecule has 0 aliphatic carbocycles. The van der Waals surface area contributed by atoms with Gasteiger partial charge in [0.25, 0.3) is 5.56 Å². The van der Waals surface area contributed by atoms with Crippen molar-refractivity contribution in [2.75, 3.05) is 24.7 Å². The van der Waals surface area contributed by atoms with Gasteiger partial charge in [-0.3, -0.25) is 23.4 Å². The number of benzene rings is 1. The second-order valence-corrected chi connectivity index (χ2v) is 15.3. The van der Waals surface area contributed by atoms with Gasteiger partial charge in [0.05, 0.1) is 37.3 Å². The number of rotatable bonds is 13. The Morgan fingerprint density at radius 2 is 1.69 bits per heavy atom. The molecular formula is C27H34N10O15P2. The molecule has 3 aromatic rings. The SMILES string of the molecule is Cc1cc2c(nc3c(=O)[nH]c(=O)nc-3n2C[C@H](O)[C@H](O)[C@H](O)COP(=O)(O)OP(=O)(O)OC[C@H]2O[C@@H](n3cnc4c(N)ncnc43)[C@H](O)[C@@H]2O)c(N)c1C. The van der Waals surface area contributed by atoms with Gasteiger partial charge in [0.1, 0.15) is 54.0 Å². The first-order valence-corrected chi connectivity index (χ1v) is 18.6. The Labute approximate surface area is 301 Å². The average Bonchev–Trinajstić information content (AvgIpc) is 3.65. The van der Waals surface area contributed by atoms with Gasteiger partial charge in [0.15, 0.2) is 29.2 Å². The predicted molar refractivity (Wildman–Crippen MR) is 181 cm³/mol. The molecule has 0 bridgehead atoms. The number of phosphoric ester groups is 2. The summed E-state index contributed by atoms with van der Waals surface area (Å²) in [5, 5.41) is 53.2. The second kappa shape index (κ2) is 14.7. The highest BCUT2D eigenvalue weighted by Crippen LogP contribution is 2.60. The fourth-order valence-corrected chi connectivity index (χ4v) is 7.78. The number of aliphatic hydroxyl groups excluding tert-OH is 5. The summed E-state index contributed by atoms with van der Waals surface area (Å²) in [4.78, 5) is 66.7. The molecule has 27 heteroatoms. The minimum Gasteiger partial charge on any atom is -0.397 e. The Bertz CT molecular complexity index is 2410. The van der Waals surface area contributed by atoms with Crippen LogP contribution in [0, 0.1) is 13.8 Å². The van der Waals surface area contributed by atoms with E-state index in [2.05, 4.69) is 33.8 Å². The molecule has 0 saturated carbocycles. The third-order valence-corrected chi connectivity index (χ3v) is 11.2. The number of nitrogens with one attached hydrogen (secondary N) is 1. The van der Waals surface area contributed by atoms with E-state index in [1.807, 2.05) is 4.98 Å². The Kier molecular flexibility index (Phi) is 10.7. The van der Waals surface area contributed by atoms with E-state index < -0.39 is 89.5 Å². The number of hydrogen-bond acceptors (Lipinski definition) is 20. The highest BCUT2D eigenvalue weighted by atomic mass is 31.3. The first-order valence-electron chi connectivity index (χ1n) is 15.6. The van der Waals surface area contributed by atoms with E-state index in [1.165, 1.54) is 15.5 Å². The van der Waals surface area contributed by atoms with E-state index in [0.29, 0.717) is 11.1 Å². The van der Waals surface area contributed by atoms with Gasteiger partial charge >= 0.3 is 21.3 Å². The van der Waals surface area contributed by atoms with Gasteiger partial charge in [0, 0.05) is 0 Å². The van der Waals surface area contributed by atoms with E-state index >= 15 is 0 Å². The molecule has 12 N–H and O–H groups in total. The number of aromatic amines is 1. The first-order chi connectivity index (χ1) is 25.3. The third kappa shape index (κ3) is 7.63. The van der Waals surface area contributed by atoms with Crippen molar-refractivity contribution in [2.24, 2.45) is 0 Å². The van der Waals surface area contributed by atoms with Crippen molar-refractivity contribution in [3.63, 3.8) is 0 Å². The molecule has 1 aromatic carbocycles. The molecule has 6 rings (SSSR count). The molecule has 3 aliphatic heterocycles. The zero-order chi connectivity index (χ0) is 39.4. The summed E-state index contributed by atoms with van der Waals surface area (Å²) in [6.45, 7) is 0.563. The van der Waals surface area contributed by atoms with Gasteiger partial charge in [-0.2, -0.15) is 9.29 Å². The van der Waals surface area contributed by atoms with Crippen LogP contribution in [0.2, 0.25) is 0 Å². The molecule has 2 aromatic heterocycles. The minimum atomic E-state index is -5.56. The summed E-state index contributed by atoms with van der Waals surface area (Å²) >= 11 is 0. The lowest BCUT2D eigenvalue weighted by atomic mass is 10.0.